The molecule has 72 heavy (non-hydrogen) atoms. The van der Waals surface area contributed by atoms with E-state index < -0.39 is 36.1 Å². The van der Waals surface area contributed by atoms with Gasteiger partial charge in [0, 0.05) is 98.5 Å². The van der Waals surface area contributed by atoms with Crippen LogP contribution >= 0.6 is 15.9 Å². The zero-order valence-corrected chi connectivity index (χ0v) is 40.5. The second kappa shape index (κ2) is 21.7. The molecule has 10 rings (SSSR count). The van der Waals surface area contributed by atoms with E-state index in [0.717, 1.165) is 37.9 Å². The second-order valence-corrected chi connectivity index (χ2v) is 17.5. The molecule has 4 amide bonds. The number of rotatable bonds is 6. The molecular formula is C52H52BrFN12O6. The van der Waals surface area contributed by atoms with Crippen LogP contribution in [0.5, 0.6) is 0 Å². The maximum absolute atomic E-state index is 12.2. The fourth-order valence-corrected chi connectivity index (χ4v) is 8.34. The lowest BCUT2D eigenvalue weighted by Gasteiger charge is -2.13. The van der Waals surface area contributed by atoms with Crippen molar-refractivity contribution in [3.8, 4) is 57.8 Å². The fraction of sp³-hybridized carbons (Fsp3) is 0.231. The van der Waals surface area contributed by atoms with E-state index in [1.54, 1.807) is 63.4 Å². The van der Waals surface area contributed by atoms with Crippen LogP contribution in [-0.4, -0.2) is 128 Å². The lowest BCUT2D eigenvalue weighted by atomic mass is 10.0. The van der Waals surface area contributed by atoms with E-state index >= 15 is 0 Å². The van der Waals surface area contributed by atoms with Crippen LogP contribution in [0.15, 0.2) is 114 Å². The number of carbonyl (C=O) groups is 4. The van der Waals surface area contributed by atoms with Gasteiger partial charge in [-0.1, -0.05) is 65.4 Å². The topological polar surface area (TPSA) is 239 Å². The van der Waals surface area contributed by atoms with Crippen LogP contribution in [0.3, 0.4) is 0 Å². The van der Waals surface area contributed by atoms with Crippen LogP contribution in [0.1, 0.15) is 48.2 Å². The Labute approximate surface area is 424 Å². The van der Waals surface area contributed by atoms with Crippen LogP contribution < -0.4 is 11.5 Å². The van der Waals surface area contributed by atoms with Gasteiger partial charge in [0.15, 0.2) is 11.4 Å². The Morgan fingerprint density at radius 1 is 0.722 bits per heavy atom. The number of terminal acetylenes is 1. The molecular weight excluding hydrogens is 988 g/mol. The molecule has 20 heteroatoms. The van der Waals surface area contributed by atoms with Gasteiger partial charge in [0.1, 0.15) is 0 Å². The molecule has 0 bridgehead atoms. The Kier molecular flexibility index (Phi) is 15.5. The van der Waals surface area contributed by atoms with Gasteiger partial charge in [-0.3, -0.25) is 32.9 Å². The molecule has 370 valence electrons. The zero-order valence-electron chi connectivity index (χ0n) is 39.9. The average molecular weight is 1040 g/mol. The molecule has 2 saturated heterocycles. The van der Waals surface area contributed by atoms with Crippen LogP contribution in [0, 0.1) is 24.2 Å². The molecule has 6 N–H and O–H groups in total. The number of fused-ring (bicyclic) bond motifs is 2. The molecule has 4 aromatic heterocycles. The smallest absolute Gasteiger partial charge is 0.269 e. The maximum atomic E-state index is 12.2. The van der Waals surface area contributed by atoms with Crippen LogP contribution in [0.4, 0.5) is 4.39 Å². The summed E-state index contributed by atoms with van der Waals surface area (Å²) in [7, 11) is 5.96. The third-order valence-electron chi connectivity index (χ3n) is 11.7. The number of likely N-dealkylation sites (tertiary alicyclic amines) is 2. The summed E-state index contributed by atoms with van der Waals surface area (Å²) in [6, 6.07) is 26.5. The third kappa shape index (κ3) is 10.8. The maximum Gasteiger partial charge on any atom is 0.269 e. The highest BCUT2D eigenvalue weighted by Gasteiger charge is 2.43. The number of benzene rings is 4. The number of nitrogens with zero attached hydrogens (tertiary/aromatic N) is 10. The largest absolute Gasteiger partial charge is 0.369 e. The lowest BCUT2D eigenvalue weighted by molar-refractivity contribution is -0.138. The summed E-state index contributed by atoms with van der Waals surface area (Å²) in [5.41, 5.74) is 15.8. The normalized spacial score (nSPS) is 17.0. The molecule has 0 radical (unpaired) electrons. The molecule has 18 nitrogen and oxygen atoms in total. The highest BCUT2D eigenvalue weighted by atomic mass is 79.9. The minimum Gasteiger partial charge on any atom is -0.369 e. The molecule has 0 unspecified atom stereocenters. The summed E-state index contributed by atoms with van der Waals surface area (Å²) in [5.74, 6) is 5.77. The number of primary amides is 2. The summed E-state index contributed by atoms with van der Waals surface area (Å²) >= 11 is 3.46. The standard InChI is InChI=1S/C25H22N6O3.C18H14BrN5O.C7H9NO2.CH3F.CH4/c1-29-11-10-25(34,24(29)33)9-8-16-4-3-5-19(12-16)31-21-7-6-17(18-14-27-30(2)15-18)13-20(21)22(28-31)23(26)32;1-23-10-12(9-21-23)11-5-6-16-15(7-11)17(18(20)25)22-24(16)14-4-2-3-13(19)8-14;1-3-7(10)4-5-8(2)6(7)9;1-2;/h3-7,12-15,34H,10-11H2,1-2H3,(H2,26,32);2-10H,1H3,(H2,20,25);1,10H,4-5H2,2H3;1H3;1H4/t25-;;7-;;/m0.0../s1/i;;;1D;. The zero-order chi connectivity index (χ0) is 52.1. The first-order valence-corrected chi connectivity index (χ1v) is 22.4. The summed E-state index contributed by atoms with van der Waals surface area (Å²) in [6.45, 7) is 1.000. The molecule has 2 aliphatic heterocycles. The molecule has 6 heterocycles. The number of aliphatic hydroxyl groups is 2. The van der Waals surface area contributed by atoms with Crippen molar-refractivity contribution in [2.75, 3.05) is 34.3 Å². The summed E-state index contributed by atoms with van der Waals surface area (Å²) in [4.78, 5) is 50.1. The summed E-state index contributed by atoms with van der Waals surface area (Å²) in [6.07, 6.45) is 12.9. The van der Waals surface area contributed by atoms with E-state index in [1.165, 1.54) is 9.80 Å². The second-order valence-electron chi connectivity index (χ2n) is 16.6. The van der Waals surface area contributed by atoms with Crippen molar-refractivity contribution in [3.63, 3.8) is 0 Å². The summed E-state index contributed by atoms with van der Waals surface area (Å²) in [5, 5.41) is 38.5. The van der Waals surface area contributed by atoms with E-state index in [2.05, 4.69) is 54.1 Å². The van der Waals surface area contributed by atoms with Crippen molar-refractivity contribution >= 4 is 61.4 Å². The first-order valence-electron chi connectivity index (χ1n) is 22.3. The minimum absolute atomic E-state index is 0. The number of aromatic nitrogens is 8. The predicted molar refractivity (Wildman–Crippen MR) is 275 cm³/mol. The molecule has 8 aromatic rings. The first kappa shape index (κ1) is 51.4. The minimum atomic E-state index is -1.68. The number of carbonyl (C=O) groups excluding carboxylic acids is 4. The van der Waals surface area contributed by atoms with Gasteiger partial charge in [0.2, 0.25) is 11.2 Å². The highest BCUT2D eigenvalue weighted by Crippen LogP contribution is 2.31. The van der Waals surface area contributed by atoms with Gasteiger partial charge in [0.25, 0.3) is 23.6 Å². The van der Waals surface area contributed by atoms with Crippen molar-refractivity contribution in [2.24, 2.45) is 25.6 Å². The fourth-order valence-electron chi connectivity index (χ4n) is 7.95. The number of nitrogens with two attached hydrogens (primary N) is 2. The lowest BCUT2D eigenvalue weighted by Crippen LogP contribution is -2.37. The Morgan fingerprint density at radius 2 is 1.18 bits per heavy atom. The van der Waals surface area contributed by atoms with E-state index in [-0.39, 0.29) is 31.1 Å². The molecule has 2 atom stereocenters. The van der Waals surface area contributed by atoms with Crippen molar-refractivity contribution in [2.45, 2.75) is 31.5 Å². The summed E-state index contributed by atoms with van der Waals surface area (Å²) < 4.78 is 23.2. The third-order valence-corrected chi connectivity index (χ3v) is 12.2. The van der Waals surface area contributed by atoms with Crippen molar-refractivity contribution in [1.29, 1.82) is 0 Å². The monoisotopic (exact) mass is 1040 g/mol. The molecule has 0 aliphatic carbocycles. The Bertz CT molecular complexity index is 3500. The van der Waals surface area contributed by atoms with Gasteiger partial charge in [-0.05, 0) is 71.8 Å². The van der Waals surface area contributed by atoms with Gasteiger partial charge in [-0.25, -0.2) is 9.36 Å². The van der Waals surface area contributed by atoms with Crippen molar-refractivity contribution in [3.05, 3.63) is 131 Å². The molecule has 2 fully saturated rings. The Balaban J connectivity index is 0.000000194. The number of aryl methyl sites for hydroxylation is 2. The van der Waals surface area contributed by atoms with Gasteiger partial charge in [0.05, 0.1) is 43.3 Å². The van der Waals surface area contributed by atoms with Crippen LogP contribution in [-0.2, 0) is 23.7 Å². The number of amides is 4. The van der Waals surface area contributed by atoms with Crippen LogP contribution in [0.2, 0.25) is 0 Å². The molecule has 4 aromatic carbocycles. The molecule has 2 aliphatic rings. The Hall–Kier alpha value is -8.43. The van der Waals surface area contributed by atoms with Crippen LogP contribution in [0.25, 0.3) is 55.4 Å². The highest BCUT2D eigenvalue weighted by molar-refractivity contribution is 9.10. The Morgan fingerprint density at radius 3 is 1.57 bits per heavy atom. The van der Waals surface area contributed by atoms with Crippen molar-refractivity contribution < 1.29 is 35.2 Å². The number of alkyl halides is 1. The van der Waals surface area contributed by atoms with Gasteiger partial charge >= 0.3 is 0 Å². The van der Waals surface area contributed by atoms with Gasteiger partial charge in [-0.2, -0.15) is 20.4 Å². The van der Waals surface area contributed by atoms with E-state index in [9.17, 15) is 33.8 Å². The van der Waals surface area contributed by atoms with Gasteiger partial charge in [-0.15, -0.1) is 6.42 Å². The van der Waals surface area contributed by atoms with E-state index in [4.69, 9.17) is 19.3 Å². The van der Waals surface area contributed by atoms with E-state index in [1.807, 2.05) is 93.2 Å². The quantitative estimate of drug-likeness (QED) is 0.159. The number of hydrogen-bond donors (Lipinski definition) is 4. The molecule has 0 saturated carbocycles. The molecule has 0 spiro atoms. The number of hydrogen-bond acceptors (Lipinski definition) is 10. The predicted octanol–water partition coefficient (Wildman–Crippen LogP) is 5.19. The average Bonchev–Trinajstić information content (AvgIpc) is 4.24. The van der Waals surface area contributed by atoms with E-state index in [0.29, 0.717) is 47.1 Å². The van der Waals surface area contributed by atoms with Crippen molar-refractivity contribution in [1.82, 2.24) is 48.9 Å². The number of likely N-dealkylation sites (N-methyl/N-ethyl adjacent to an activating group) is 2. The SMILES string of the molecule is C.C#C[C@]1(O)CCN(C)C1=O.CN1CC[C@@](O)(C#Cc2cccc(-n3nc(C(N)=O)c4cc(-c5cnn(C)c5)ccc43)c2)C1=O.Cn1cc(-c2ccc3c(c2)c(C(N)=O)nn3-c2cccc(Br)c2)cn1.[2H]CF. The van der Waals surface area contributed by atoms with Gasteiger partial charge < -0.3 is 31.5 Å². The first-order chi connectivity index (χ1) is 34.3. The number of halogens is 2.